The van der Waals surface area contributed by atoms with Gasteiger partial charge in [0.05, 0.1) is 24.8 Å². The van der Waals surface area contributed by atoms with E-state index in [-0.39, 0.29) is 17.8 Å². The molecule has 2 N–H and O–H groups in total. The Hall–Kier alpha value is -4.67. The van der Waals surface area contributed by atoms with Crippen LogP contribution in [0.4, 0.5) is 11.4 Å². The molecule has 0 bridgehead atoms. The van der Waals surface area contributed by atoms with E-state index in [0.717, 1.165) is 10.1 Å². The minimum absolute atomic E-state index is 0.0717. The summed E-state index contributed by atoms with van der Waals surface area (Å²) in [6.45, 7) is 1.76. The molecule has 2 heterocycles. The van der Waals surface area contributed by atoms with Gasteiger partial charge in [-0.05, 0) is 43.2 Å². The van der Waals surface area contributed by atoms with E-state index in [0.29, 0.717) is 40.5 Å². The quantitative estimate of drug-likeness (QED) is 0.391. The predicted octanol–water partition coefficient (Wildman–Crippen LogP) is 3.06. The number of allylic oxidation sites excluding steroid dienone is 1. The lowest BCUT2D eigenvalue weighted by molar-refractivity contribution is -0.384. The number of nitro benzene ring substituents is 1. The van der Waals surface area contributed by atoms with Gasteiger partial charge in [0.2, 0.25) is 5.88 Å². The number of hydrogen-bond donors (Lipinski definition) is 2. The van der Waals surface area contributed by atoms with E-state index in [1.807, 2.05) is 0 Å². The van der Waals surface area contributed by atoms with Gasteiger partial charge in [0.1, 0.15) is 5.56 Å². The maximum absolute atomic E-state index is 12.6. The molecule has 0 atom stereocenters. The van der Waals surface area contributed by atoms with E-state index in [1.165, 1.54) is 38.5 Å². The molecule has 180 valence electrons. The zero-order valence-electron chi connectivity index (χ0n) is 19.2. The molecule has 0 amide bonds. The lowest BCUT2D eigenvalue weighted by atomic mass is 10.0. The molecule has 0 spiro atoms. The summed E-state index contributed by atoms with van der Waals surface area (Å²) in [5, 5.41) is 22.1. The van der Waals surface area contributed by atoms with Crippen LogP contribution in [0.5, 0.6) is 17.4 Å². The Kier molecular flexibility index (Phi) is 6.24. The molecule has 35 heavy (non-hydrogen) atoms. The Morgan fingerprint density at radius 1 is 1.14 bits per heavy atom. The molecule has 1 aliphatic heterocycles. The van der Waals surface area contributed by atoms with Gasteiger partial charge in [-0.15, -0.1) is 0 Å². The number of aromatic amines is 1. The molecule has 0 fully saturated rings. The monoisotopic (exact) mass is 478 g/mol. The van der Waals surface area contributed by atoms with Crippen LogP contribution < -0.4 is 20.7 Å². The van der Waals surface area contributed by atoms with E-state index < -0.39 is 22.1 Å². The highest BCUT2D eigenvalue weighted by Gasteiger charge is 2.23. The fraction of sp³-hybridized carbons (Fsp3) is 0.208. The Labute approximate surface area is 198 Å². The topological polar surface area (TPSA) is 149 Å². The van der Waals surface area contributed by atoms with Crippen molar-refractivity contribution in [2.75, 3.05) is 14.2 Å². The van der Waals surface area contributed by atoms with Crippen molar-refractivity contribution in [3.05, 3.63) is 84.0 Å². The number of nitrogens with one attached hydrogen (secondary N) is 1. The van der Waals surface area contributed by atoms with Gasteiger partial charge in [-0.1, -0.05) is 6.07 Å². The lowest BCUT2D eigenvalue weighted by Crippen LogP contribution is -2.32. The molecule has 0 radical (unpaired) electrons. The average Bonchev–Trinajstić information content (AvgIpc) is 3.15. The molecular formula is C24H22N4O7. The fourth-order valence-electron chi connectivity index (χ4n) is 3.90. The van der Waals surface area contributed by atoms with Crippen molar-refractivity contribution < 1.29 is 19.5 Å². The second kappa shape index (κ2) is 9.29. The van der Waals surface area contributed by atoms with Gasteiger partial charge in [0.25, 0.3) is 11.2 Å². The van der Waals surface area contributed by atoms with Gasteiger partial charge in [-0.25, -0.2) is 4.79 Å². The van der Waals surface area contributed by atoms with E-state index in [4.69, 9.17) is 9.47 Å². The summed E-state index contributed by atoms with van der Waals surface area (Å²) in [6, 6.07) is 9.53. The van der Waals surface area contributed by atoms with Crippen molar-refractivity contribution >= 4 is 28.7 Å². The van der Waals surface area contributed by atoms with Gasteiger partial charge in [0.15, 0.2) is 11.5 Å². The summed E-state index contributed by atoms with van der Waals surface area (Å²) >= 11 is 0. The first-order valence-electron chi connectivity index (χ1n) is 10.6. The first-order chi connectivity index (χ1) is 16.7. The van der Waals surface area contributed by atoms with Crippen LogP contribution in [0.2, 0.25) is 0 Å². The fourth-order valence-corrected chi connectivity index (χ4v) is 3.90. The number of rotatable bonds is 7. The van der Waals surface area contributed by atoms with Crippen LogP contribution in [0.15, 0.2) is 51.0 Å². The molecule has 4 rings (SSSR count). The van der Waals surface area contributed by atoms with Crippen LogP contribution in [0.25, 0.3) is 11.6 Å². The van der Waals surface area contributed by atoms with Crippen molar-refractivity contribution in [3.63, 3.8) is 0 Å². The predicted molar refractivity (Wildman–Crippen MR) is 130 cm³/mol. The van der Waals surface area contributed by atoms with E-state index >= 15 is 0 Å². The third-order valence-electron chi connectivity index (χ3n) is 5.73. The molecule has 1 aliphatic rings. The third-order valence-corrected chi connectivity index (χ3v) is 5.73. The number of hydrogen-bond acceptors (Lipinski definition) is 8. The number of aryl methyl sites for hydroxylation is 1. The smallest absolute Gasteiger partial charge is 0.331 e. The number of aromatic hydroxyl groups is 1. The van der Waals surface area contributed by atoms with Gasteiger partial charge in [-0.3, -0.25) is 29.5 Å². The van der Waals surface area contributed by atoms with E-state index in [1.54, 1.807) is 25.1 Å². The molecule has 0 saturated heterocycles. The highest BCUT2D eigenvalue weighted by Crippen LogP contribution is 2.38. The van der Waals surface area contributed by atoms with Crippen LogP contribution >= 0.6 is 0 Å². The van der Waals surface area contributed by atoms with Gasteiger partial charge in [0, 0.05) is 35.5 Å². The van der Waals surface area contributed by atoms with Crippen LogP contribution in [0.3, 0.4) is 0 Å². The number of nitro groups is 1. The zero-order chi connectivity index (χ0) is 25.3. The van der Waals surface area contributed by atoms with Gasteiger partial charge >= 0.3 is 5.69 Å². The Morgan fingerprint density at radius 2 is 1.89 bits per heavy atom. The summed E-state index contributed by atoms with van der Waals surface area (Å²) < 4.78 is 11.6. The Bertz CT molecular complexity index is 1520. The number of aliphatic imine (C=N–C) groups is 1. The number of fused-ring (bicyclic) bond motifs is 1. The molecule has 1 aromatic heterocycles. The maximum atomic E-state index is 12.6. The Balaban J connectivity index is 1.72. The van der Waals surface area contributed by atoms with Gasteiger partial charge < -0.3 is 14.6 Å². The molecular weight excluding hydrogens is 456 g/mol. The zero-order valence-corrected chi connectivity index (χ0v) is 19.2. The summed E-state index contributed by atoms with van der Waals surface area (Å²) in [5.74, 6) is 0.568. The largest absolute Gasteiger partial charge is 0.494 e. The number of non-ortho nitro benzene ring substituents is 1. The molecule has 3 aromatic rings. The number of methoxy groups -OCH3 is 2. The first kappa shape index (κ1) is 23.5. The molecule has 0 saturated carbocycles. The number of nitrogens with zero attached hydrogens (tertiary/aromatic N) is 3. The summed E-state index contributed by atoms with van der Waals surface area (Å²) in [4.78, 5) is 42.3. The highest BCUT2D eigenvalue weighted by atomic mass is 16.6. The third kappa shape index (κ3) is 4.43. The van der Waals surface area contributed by atoms with E-state index in [2.05, 4.69) is 9.98 Å². The van der Waals surface area contributed by atoms with Crippen molar-refractivity contribution in [1.82, 2.24) is 9.55 Å². The van der Waals surface area contributed by atoms with Gasteiger partial charge in [-0.2, -0.15) is 0 Å². The molecule has 11 nitrogen and oxygen atoms in total. The second-order valence-electron chi connectivity index (χ2n) is 7.80. The number of ether oxygens (including phenoxy) is 2. The molecule has 2 aromatic carbocycles. The van der Waals surface area contributed by atoms with Crippen LogP contribution in [0.1, 0.15) is 23.6 Å². The minimum atomic E-state index is -0.783. The molecule has 0 aliphatic carbocycles. The summed E-state index contributed by atoms with van der Waals surface area (Å²) in [6.07, 6.45) is 1.74. The maximum Gasteiger partial charge on any atom is 0.331 e. The van der Waals surface area contributed by atoms with Crippen molar-refractivity contribution in [1.29, 1.82) is 0 Å². The summed E-state index contributed by atoms with van der Waals surface area (Å²) in [5.41, 5.74) is 0.920. The number of aromatic nitrogens is 2. The molecule has 0 unspecified atom stereocenters. The lowest BCUT2D eigenvalue weighted by Gasteiger charge is -2.12. The molecule has 11 heteroatoms. The van der Waals surface area contributed by atoms with E-state index in [9.17, 15) is 24.8 Å². The standard InChI is InChI=1S/C24H22N4O7/c1-13-16(17-11-15(28(32)33)5-6-19(17)25-13)12-18-22(29)26-24(31)27(23(18)30)9-8-14-4-7-20(34-2)21(10-14)35-3/h4-7,10-12,30H,8-9H2,1-3H3,(H,26,29,31)/b16-12+. The highest BCUT2D eigenvalue weighted by molar-refractivity contribution is 6.31. The normalized spacial score (nSPS) is 13.5. The summed E-state index contributed by atoms with van der Waals surface area (Å²) in [7, 11) is 3.04. The van der Waals surface area contributed by atoms with Crippen molar-refractivity contribution in [3.8, 4) is 17.4 Å². The van der Waals surface area contributed by atoms with Crippen LogP contribution in [-0.4, -0.2) is 39.5 Å². The van der Waals surface area contributed by atoms with Crippen molar-refractivity contribution in [2.45, 2.75) is 19.9 Å². The minimum Gasteiger partial charge on any atom is -0.494 e. The van der Waals surface area contributed by atoms with Crippen LogP contribution in [0, 0.1) is 10.1 Å². The number of benzene rings is 2. The Morgan fingerprint density at radius 3 is 2.57 bits per heavy atom. The number of H-pyrrole nitrogens is 1. The SMILES string of the molecule is COc1ccc(CCn2c(O)c(/C=C3\C(C)=Nc4ccc([N+](=O)[O-])cc43)c(=O)[nH]c2=O)cc1OC. The average molecular weight is 478 g/mol. The van der Waals surface area contributed by atoms with Crippen LogP contribution in [-0.2, 0) is 13.0 Å². The first-order valence-corrected chi connectivity index (χ1v) is 10.6. The van der Waals surface area contributed by atoms with Crippen molar-refractivity contribution in [2.24, 2.45) is 4.99 Å². The second-order valence-corrected chi connectivity index (χ2v) is 7.80.